The van der Waals surface area contributed by atoms with Crippen LogP contribution < -0.4 is 16.4 Å². The van der Waals surface area contributed by atoms with Gasteiger partial charge in [0.25, 0.3) is 0 Å². The number of nitrogens with two attached hydrogens (primary N) is 1. The molecule has 1 aliphatic rings. The maximum Gasteiger partial charge on any atom is 0.223 e. The Balaban J connectivity index is 1.55. The Hall–Kier alpha value is -1.78. The van der Waals surface area contributed by atoms with Gasteiger partial charge in [0.05, 0.1) is 11.9 Å². The van der Waals surface area contributed by atoms with Gasteiger partial charge < -0.3 is 16.4 Å². The molecule has 0 saturated heterocycles. The first-order valence-electron chi connectivity index (χ1n) is 6.49. The van der Waals surface area contributed by atoms with Crippen molar-refractivity contribution in [2.75, 3.05) is 24.1 Å². The fraction of sp³-hybridized carbons (Fsp3) is 0.538. The maximum absolute atomic E-state index is 11.5. The topological polar surface area (TPSA) is 80.0 Å². The zero-order chi connectivity index (χ0) is 12.8. The maximum atomic E-state index is 11.5. The lowest BCUT2D eigenvalue weighted by molar-refractivity contribution is -0.127. The Kier molecular flexibility index (Phi) is 4.39. The number of carbonyl (C=O) groups is 1. The first kappa shape index (κ1) is 12.7. The smallest absolute Gasteiger partial charge is 0.223 e. The molecule has 1 heterocycles. The lowest BCUT2D eigenvalue weighted by atomic mass is 9.85. The number of nitrogen functional groups attached to an aromatic ring is 1. The summed E-state index contributed by atoms with van der Waals surface area (Å²) in [4.78, 5) is 15.5. The first-order valence-corrected chi connectivity index (χ1v) is 6.49. The molecule has 1 aliphatic carbocycles. The third-order valence-electron chi connectivity index (χ3n) is 3.24. The number of hydrogen-bond donors (Lipinski definition) is 3. The van der Waals surface area contributed by atoms with Gasteiger partial charge in [-0.05, 0) is 31.4 Å². The predicted molar refractivity (Wildman–Crippen MR) is 72.1 cm³/mol. The van der Waals surface area contributed by atoms with Crippen molar-refractivity contribution in [3.8, 4) is 0 Å². The number of anilines is 2. The molecule has 1 aromatic heterocycles. The highest BCUT2D eigenvalue weighted by molar-refractivity contribution is 5.79. The van der Waals surface area contributed by atoms with Crippen LogP contribution in [0.3, 0.4) is 0 Å². The van der Waals surface area contributed by atoms with Gasteiger partial charge in [-0.3, -0.25) is 4.79 Å². The molecule has 98 valence electrons. The van der Waals surface area contributed by atoms with Gasteiger partial charge in [0, 0.05) is 19.0 Å². The monoisotopic (exact) mass is 248 g/mol. The quantitative estimate of drug-likeness (QED) is 0.664. The lowest BCUT2D eigenvalue weighted by Crippen LogP contribution is -2.35. The zero-order valence-electron chi connectivity index (χ0n) is 10.5. The van der Waals surface area contributed by atoms with Crippen LogP contribution in [0.4, 0.5) is 11.5 Å². The number of pyridine rings is 1. The summed E-state index contributed by atoms with van der Waals surface area (Å²) in [6, 6.07) is 3.66. The summed E-state index contributed by atoms with van der Waals surface area (Å²) in [5, 5.41) is 6.20. The highest BCUT2D eigenvalue weighted by Gasteiger charge is 2.24. The molecule has 2 rings (SSSR count). The molecule has 1 saturated carbocycles. The van der Waals surface area contributed by atoms with Crippen LogP contribution in [0, 0.1) is 5.92 Å². The van der Waals surface area contributed by atoms with E-state index in [4.69, 9.17) is 5.73 Å². The van der Waals surface area contributed by atoms with E-state index in [-0.39, 0.29) is 11.8 Å². The van der Waals surface area contributed by atoms with E-state index >= 15 is 0 Å². The molecule has 1 aromatic rings. The highest BCUT2D eigenvalue weighted by atomic mass is 16.1. The first-order chi connectivity index (χ1) is 8.75. The predicted octanol–water partition coefficient (Wildman–Crippen LogP) is 1.38. The number of nitrogens with one attached hydrogen (secondary N) is 2. The third kappa shape index (κ3) is 3.61. The van der Waals surface area contributed by atoms with Crippen molar-refractivity contribution in [3.05, 3.63) is 18.3 Å². The Morgan fingerprint density at radius 1 is 1.39 bits per heavy atom. The molecule has 1 amide bonds. The summed E-state index contributed by atoms with van der Waals surface area (Å²) >= 11 is 0. The van der Waals surface area contributed by atoms with Crippen LogP contribution in [0.25, 0.3) is 0 Å². The molecule has 0 unspecified atom stereocenters. The van der Waals surface area contributed by atoms with E-state index in [1.54, 1.807) is 12.3 Å². The number of rotatable bonds is 6. The van der Waals surface area contributed by atoms with Crippen molar-refractivity contribution >= 4 is 17.4 Å². The van der Waals surface area contributed by atoms with Crippen LogP contribution in [0.2, 0.25) is 0 Å². The van der Waals surface area contributed by atoms with Gasteiger partial charge in [-0.2, -0.15) is 0 Å². The SMILES string of the molecule is Nc1ccc(NCCCNC(=O)C2CCC2)cn1. The van der Waals surface area contributed by atoms with Crippen molar-refractivity contribution in [2.45, 2.75) is 25.7 Å². The van der Waals surface area contributed by atoms with Crippen molar-refractivity contribution < 1.29 is 4.79 Å². The van der Waals surface area contributed by atoms with E-state index in [2.05, 4.69) is 15.6 Å². The Morgan fingerprint density at radius 2 is 2.22 bits per heavy atom. The van der Waals surface area contributed by atoms with Gasteiger partial charge in [0.1, 0.15) is 5.82 Å². The number of carbonyl (C=O) groups excluding carboxylic acids is 1. The van der Waals surface area contributed by atoms with Crippen LogP contribution >= 0.6 is 0 Å². The Morgan fingerprint density at radius 3 is 2.83 bits per heavy atom. The summed E-state index contributed by atoms with van der Waals surface area (Å²) < 4.78 is 0. The largest absolute Gasteiger partial charge is 0.384 e. The standard InChI is InChI=1S/C13H20N4O/c14-12-6-5-11(9-17-12)15-7-2-8-16-13(18)10-3-1-4-10/h5-6,9-10,15H,1-4,7-8H2,(H2,14,17)(H,16,18). The molecule has 0 aliphatic heterocycles. The lowest BCUT2D eigenvalue weighted by Gasteiger charge is -2.24. The van der Waals surface area contributed by atoms with Gasteiger partial charge >= 0.3 is 0 Å². The molecule has 0 spiro atoms. The van der Waals surface area contributed by atoms with Crippen molar-refractivity contribution in [3.63, 3.8) is 0 Å². The minimum atomic E-state index is 0.218. The average Bonchev–Trinajstić information content (AvgIpc) is 2.29. The molecule has 5 nitrogen and oxygen atoms in total. The number of hydrogen-bond acceptors (Lipinski definition) is 4. The van der Waals surface area contributed by atoms with E-state index in [0.717, 1.165) is 38.0 Å². The molecular formula is C13H20N4O. The third-order valence-corrected chi connectivity index (χ3v) is 3.24. The second kappa shape index (κ2) is 6.23. The molecule has 5 heteroatoms. The Bertz CT molecular complexity index is 386. The fourth-order valence-corrected chi connectivity index (χ4v) is 1.86. The summed E-state index contributed by atoms with van der Waals surface area (Å²) in [5.41, 5.74) is 6.45. The zero-order valence-corrected chi connectivity index (χ0v) is 10.5. The van der Waals surface area contributed by atoms with Crippen molar-refractivity contribution in [2.24, 2.45) is 5.92 Å². The average molecular weight is 248 g/mol. The Labute approximate surface area is 107 Å². The minimum absolute atomic E-state index is 0.218. The minimum Gasteiger partial charge on any atom is -0.384 e. The van der Waals surface area contributed by atoms with Gasteiger partial charge in [0.2, 0.25) is 5.91 Å². The summed E-state index contributed by atoms with van der Waals surface area (Å²) in [6.45, 7) is 1.54. The molecule has 4 N–H and O–H groups in total. The van der Waals surface area contributed by atoms with Crippen LogP contribution in [0.15, 0.2) is 18.3 Å². The molecule has 0 radical (unpaired) electrons. The van der Waals surface area contributed by atoms with Crippen molar-refractivity contribution in [1.82, 2.24) is 10.3 Å². The highest BCUT2D eigenvalue weighted by Crippen LogP contribution is 2.25. The van der Waals surface area contributed by atoms with Gasteiger partial charge in [-0.25, -0.2) is 4.98 Å². The summed E-state index contributed by atoms with van der Waals surface area (Å²) in [7, 11) is 0. The van der Waals surface area contributed by atoms with Crippen molar-refractivity contribution in [1.29, 1.82) is 0 Å². The van der Waals surface area contributed by atoms with E-state index in [0.29, 0.717) is 5.82 Å². The van der Waals surface area contributed by atoms with Crippen LogP contribution in [-0.4, -0.2) is 24.0 Å². The van der Waals surface area contributed by atoms with Gasteiger partial charge in [0.15, 0.2) is 0 Å². The molecule has 0 aromatic carbocycles. The number of nitrogens with zero attached hydrogens (tertiary/aromatic N) is 1. The molecule has 0 bridgehead atoms. The second-order valence-electron chi connectivity index (χ2n) is 4.67. The molecule has 18 heavy (non-hydrogen) atoms. The summed E-state index contributed by atoms with van der Waals surface area (Å²) in [6.07, 6.45) is 5.93. The molecule has 1 fully saturated rings. The number of amides is 1. The molecule has 0 atom stereocenters. The normalized spacial score (nSPS) is 14.9. The fourth-order valence-electron chi connectivity index (χ4n) is 1.86. The molecular weight excluding hydrogens is 228 g/mol. The van der Waals surface area contributed by atoms with Gasteiger partial charge in [-0.15, -0.1) is 0 Å². The van der Waals surface area contributed by atoms with Crippen LogP contribution in [0.5, 0.6) is 0 Å². The second-order valence-corrected chi connectivity index (χ2v) is 4.67. The van der Waals surface area contributed by atoms with E-state index in [1.807, 2.05) is 6.07 Å². The van der Waals surface area contributed by atoms with Gasteiger partial charge in [-0.1, -0.05) is 6.42 Å². The summed E-state index contributed by atoms with van der Waals surface area (Å²) in [5.74, 6) is 1.02. The van der Waals surface area contributed by atoms with E-state index in [9.17, 15) is 4.79 Å². The van der Waals surface area contributed by atoms with E-state index < -0.39 is 0 Å². The van der Waals surface area contributed by atoms with E-state index in [1.165, 1.54) is 6.42 Å². The number of aromatic nitrogens is 1. The van der Waals surface area contributed by atoms with Crippen LogP contribution in [0.1, 0.15) is 25.7 Å². The van der Waals surface area contributed by atoms with Crippen LogP contribution in [-0.2, 0) is 4.79 Å².